The molecule has 2 aliphatic heterocycles. The van der Waals surface area contributed by atoms with E-state index in [9.17, 15) is 14.0 Å². The van der Waals surface area contributed by atoms with Crippen molar-refractivity contribution in [2.45, 2.75) is 6.10 Å². The van der Waals surface area contributed by atoms with Crippen LogP contribution in [0.3, 0.4) is 0 Å². The highest BCUT2D eigenvalue weighted by atomic mass is 32.1. The van der Waals surface area contributed by atoms with Gasteiger partial charge in [-0.15, -0.1) is 11.3 Å². The number of halogens is 1. The van der Waals surface area contributed by atoms with E-state index in [-0.39, 0.29) is 30.8 Å². The first-order chi connectivity index (χ1) is 16.5. The molecule has 2 aromatic carbocycles. The van der Waals surface area contributed by atoms with Crippen molar-refractivity contribution in [3.63, 3.8) is 0 Å². The summed E-state index contributed by atoms with van der Waals surface area (Å²) in [7, 11) is 0. The standard InChI is InChI=1S/C24H23FN4O4S/c25-17-7-5-16(6-8-17)18-15-34-24(26-18)27-22(30)13-28-9-11-29(12-10-28)23(31)21-14-32-19-3-1-2-4-20(19)33-21/h1-8,15,21H,9-14H2,(H,26,27,30). The smallest absolute Gasteiger partial charge is 0.267 e. The van der Waals surface area contributed by atoms with Crippen LogP contribution in [0.2, 0.25) is 0 Å². The van der Waals surface area contributed by atoms with E-state index in [2.05, 4.69) is 10.3 Å². The third kappa shape index (κ3) is 5.02. The molecule has 3 heterocycles. The first-order valence-electron chi connectivity index (χ1n) is 11.0. The highest BCUT2D eigenvalue weighted by Crippen LogP contribution is 2.31. The van der Waals surface area contributed by atoms with Gasteiger partial charge in [0.1, 0.15) is 12.4 Å². The minimum atomic E-state index is -0.662. The molecular formula is C24H23FN4O4S. The molecule has 1 saturated heterocycles. The van der Waals surface area contributed by atoms with Crippen molar-refractivity contribution < 1.29 is 23.5 Å². The van der Waals surface area contributed by atoms with Crippen LogP contribution in [0.1, 0.15) is 0 Å². The summed E-state index contributed by atoms with van der Waals surface area (Å²) in [5.41, 5.74) is 1.47. The number of nitrogens with one attached hydrogen (secondary N) is 1. The van der Waals surface area contributed by atoms with Crippen LogP contribution in [0.15, 0.2) is 53.9 Å². The summed E-state index contributed by atoms with van der Waals surface area (Å²) in [5.74, 6) is 0.647. The Bertz CT molecular complexity index is 1180. The van der Waals surface area contributed by atoms with Crippen molar-refractivity contribution in [3.8, 4) is 22.8 Å². The van der Waals surface area contributed by atoms with E-state index in [1.165, 1.54) is 23.5 Å². The topological polar surface area (TPSA) is 84.0 Å². The van der Waals surface area contributed by atoms with Gasteiger partial charge in [0.05, 0.1) is 12.2 Å². The summed E-state index contributed by atoms with van der Waals surface area (Å²) in [5, 5.41) is 5.14. The summed E-state index contributed by atoms with van der Waals surface area (Å²) in [6.45, 7) is 2.60. The quantitative estimate of drug-likeness (QED) is 0.602. The Balaban J connectivity index is 1.09. The molecule has 176 valence electrons. The largest absolute Gasteiger partial charge is 0.485 e. The van der Waals surface area contributed by atoms with Crippen LogP contribution in [-0.2, 0) is 9.59 Å². The highest BCUT2D eigenvalue weighted by Gasteiger charge is 2.33. The Morgan fingerprint density at radius 3 is 2.56 bits per heavy atom. The maximum Gasteiger partial charge on any atom is 0.267 e. The number of carbonyl (C=O) groups is 2. The third-order valence-electron chi connectivity index (χ3n) is 5.73. The van der Waals surface area contributed by atoms with E-state index in [4.69, 9.17) is 9.47 Å². The molecule has 34 heavy (non-hydrogen) atoms. The van der Waals surface area contributed by atoms with Gasteiger partial charge in [-0.2, -0.15) is 0 Å². The van der Waals surface area contributed by atoms with Gasteiger partial charge in [0.15, 0.2) is 16.6 Å². The Morgan fingerprint density at radius 2 is 1.79 bits per heavy atom. The lowest BCUT2D eigenvalue weighted by Crippen LogP contribution is -2.54. The van der Waals surface area contributed by atoms with Gasteiger partial charge >= 0.3 is 0 Å². The number of ether oxygens (including phenoxy) is 2. The van der Waals surface area contributed by atoms with Gasteiger partial charge in [0.2, 0.25) is 12.0 Å². The average molecular weight is 483 g/mol. The van der Waals surface area contributed by atoms with Crippen molar-refractivity contribution in [1.29, 1.82) is 0 Å². The number of aromatic nitrogens is 1. The van der Waals surface area contributed by atoms with Crippen LogP contribution in [-0.4, -0.2) is 72.0 Å². The predicted molar refractivity (Wildman–Crippen MR) is 126 cm³/mol. The number of amides is 2. The van der Waals surface area contributed by atoms with E-state index in [1.807, 2.05) is 28.5 Å². The second-order valence-electron chi connectivity index (χ2n) is 8.06. The van der Waals surface area contributed by atoms with Crippen LogP contribution in [0, 0.1) is 5.82 Å². The molecule has 0 aliphatic carbocycles. The van der Waals surface area contributed by atoms with Crippen LogP contribution in [0.4, 0.5) is 9.52 Å². The molecule has 10 heteroatoms. The fourth-order valence-corrected chi connectivity index (χ4v) is 4.65. The van der Waals surface area contributed by atoms with E-state index in [0.29, 0.717) is 48.5 Å². The number of rotatable bonds is 5. The summed E-state index contributed by atoms with van der Waals surface area (Å²) >= 11 is 1.32. The van der Waals surface area contributed by atoms with Crippen molar-refractivity contribution in [2.75, 3.05) is 44.6 Å². The Labute approximate surface area is 199 Å². The lowest BCUT2D eigenvalue weighted by Gasteiger charge is -2.36. The molecule has 0 bridgehead atoms. The number of carbonyl (C=O) groups excluding carboxylic acids is 2. The molecule has 0 radical (unpaired) electrons. The normalized spacial score (nSPS) is 17.9. The van der Waals surface area contributed by atoms with Crippen molar-refractivity contribution >= 4 is 28.3 Å². The summed E-state index contributed by atoms with van der Waals surface area (Å²) < 4.78 is 24.6. The molecule has 2 aliphatic rings. The van der Waals surface area contributed by atoms with Crippen molar-refractivity contribution in [1.82, 2.24) is 14.8 Å². The van der Waals surface area contributed by atoms with Gasteiger partial charge in [-0.25, -0.2) is 9.37 Å². The first kappa shape index (κ1) is 22.3. The number of thiazole rings is 1. The first-order valence-corrected chi connectivity index (χ1v) is 11.8. The number of benzene rings is 2. The molecule has 0 saturated carbocycles. The van der Waals surface area contributed by atoms with Gasteiger partial charge in [0.25, 0.3) is 5.91 Å². The zero-order valence-electron chi connectivity index (χ0n) is 18.3. The molecule has 1 fully saturated rings. The maximum absolute atomic E-state index is 13.1. The molecule has 0 spiro atoms. The predicted octanol–water partition coefficient (Wildman–Crippen LogP) is 2.87. The van der Waals surface area contributed by atoms with Crippen molar-refractivity contribution in [2.24, 2.45) is 0 Å². The minimum Gasteiger partial charge on any atom is -0.485 e. The van der Waals surface area contributed by atoms with Crippen LogP contribution >= 0.6 is 11.3 Å². The number of piperazine rings is 1. The fourth-order valence-electron chi connectivity index (χ4n) is 3.92. The molecule has 1 N–H and O–H groups in total. The van der Waals surface area contributed by atoms with E-state index >= 15 is 0 Å². The van der Waals surface area contributed by atoms with Crippen LogP contribution in [0.5, 0.6) is 11.5 Å². The number of nitrogens with zero attached hydrogens (tertiary/aromatic N) is 3. The molecule has 1 unspecified atom stereocenters. The highest BCUT2D eigenvalue weighted by molar-refractivity contribution is 7.14. The van der Waals surface area contributed by atoms with Gasteiger partial charge in [0, 0.05) is 37.1 Å². The average Bonchev–Trinajstić information content (AvgIpc) is 3.32. The number of para-hydroxylation sites is 2. The lowest BCUT2D eigenvalue weighted by atomic mass is 10.2. The minimum absolute atomic E-state index is 0.102. The molecule has 1 aromatic heterocycles. The van der Waals surface area contributed by atoms with Crippen LogP contribution < -0.4 is 14.8 Å². The number of fused-ring (bicyclic) bond motifs is 1. The fraction of sp³-hybridized carbons (Fsp3) is 0.292. The van der Waals surface area contributed by atoms with E-state index < -0.39 is 6.10 Å². The number of anilines is 1. The molecule has 2 amide bonds. The molecule has 1 atom stereocenters. The van der Waals surface area contributed by atoms with Gasteiger partial charge in [-0.1, -0.05) is 12.1 Å². The Hall–Kier alpha value is -3.50. The summed E-state index contributed by atoms with van der Waals surface area (Å²) in [6.07, 6.45) is -0.662. The summed E-state index contributed by atoms with van der Waals surface area (Å²) in [4.78, 5) is 33.5. The SMILES string of the molecule is O=C(CN1CCN(C(=O)C2COc3ccccc3O2)CC1)Nc1nc(-c2ccc(F)cc2)cs1. The maximum atomic E-state index is 13.1. The van der Waals surface area contributed by atoms with Gasteiger partial charge in [-0.3, -0.25) is 14.5 Å². The number of hydrogen-bond donors (Lipinski definition) is 1. The number of hydrogen-bond acceptors (Lipinski definition) is 7. The van der Waals surface area contributed by atoms with Gasteiger partial charge in [-0.05, 0) is 36.4 Å². The van der Waals surface area contributed by atoms with Crippen molar-refractivity contribution in [3.05, 3.63) is 59.7 Å². The third-order valence-corrected chi connectivity index (χ3v) is 6.48. The second kappa shape index (κ2) is 9.78. The van der Waals surface area contributed by atoms with Crippen LogP contribution in [0.25, 0.3) is 11.3 Å². The van der Waals surface area contributed by atoms with E-state index in [0.717, 1.165) is 5.56 Å². The summed E-state index contributed by atoms with van der Waals surface area (Å²) in [6, 6.07) is 13.4. The van der Waals surface area contributed by atoms with E-state index in [1.54, 1.807) is 23.1 Å². The Morgan fingerprint density at radius 1 is 1.06 bits per heavy atom. The molecule has 5 rings (SSSR count). The zero-order valence-corrected chi connectivity index (χ0v) is 19.1. The molecule has 3 aromatic rings. The monoisotopic (exact) mass is 482 g/mol. The van der Waals surface area contributed by atoms with Gasteiger partial charge < -0.3 is 19.7 Å². The molecular weight excluding hydrogens is 459 g/mol. The zero-order chi connectivity index (χ0) is 23.5. The Kier molecular flexibility index (Phi) is 6.41. The molecule has 8 nitrogen and oxygen atoms in total. The second-order valence-corrected chi connectivity index (χ2v) is 8.92. The lowest BCUT2D eigenvalue weighted by molar-refractivity contribution is -0.143.